The van der Waals surface area contributed by atoms with Gasteiger partial charge >= 0.3 is 6.18 Å². The Morgan fingerprint density at radius 2 is 1.61 bits per heavy atom. The summed E-state index contributed by atoms with van der Waals surface area (Å²) >= 11 is 0. The molecule has 12 heteroatoms. The van der Waals surface area contributed by atoms with E-state index in [1.54, 1.807) is 18.2 Å². The maximum absolute atomic E-state index is 14.8. The zero-order chi connectivity index (χ0) is 32.5. The lowest BCUT2D eigenvalue weighted by molar-refractivity contribution is -0.141. The smallest absolute Gasteiger partial charge is 0.352 e. The number of hydrogen-bond acceptors (Lipinski definition) is 4. The molecular formula is C32H37F4N3O4S. The molecule has 2 atom stereocenters. The van der Waals surface area contributed by atoms with Crippen molar-refractivity contribution >= 4 is 27.5 Å². The maximum Gasteiger partial charge on any atom is 0.416 e. The quantitative estimate of drug-likeness (QED) is 0.222. The van der Waals surface area contributed by atoms with Gasteiger partial charge in [-0.15, -0.1) is 0 Å². The molecule has 2 unspecified atom stereocenters. The fourth-order valence-electron chi connectivity index (χ4n) is 4.65. The van der Waals surface area contributed by atoms with Gasteiger partial charge in [0.15, 0.2) is 0 Å². The summed E-state index contributed by atoms with van der Waals surface area (Å²) in [5.41, 5.74) is -0.229. The summed E-state index contributed by atoms with van der Waals surface area (Å²) in [5.74, 6) is -1.51. The predicted molar refractivity (Wildman–Crippen MR) is 162 cm³/mol. The van der Waals surface area contributed by atoms with Gasteiger partial charge in [0.2, 0.25) is 21.8 Å². The number of rotatable bonds is 14. The van der Waals surface area contributed by atoms with Crippen LogP contribution >= 0.6 is 0 Å². The topological polar surface area (TPSA) is 86.8 Å². The van der Waals surface area contributed by atoms with Gasteiger partial charge < -0.3 is 10.2 Å². The van der Waals surface area contributed by atoms with E-state index in [1.807, 2.05) is 32.0 Å². The summed E-state index contributed by atoms with van der Waals surface area (Å²) in [6.45, 7) is 3.22. The fourth-order valence-corrected chi connectivity index (χ4v) is 5.60. The van der Waals surface area contributed by atoms with Crippen molar-refractivity contribution in [1.29, 1.82) is 0 Å². The van der Waals surface area contributed by atoms with E-state index >= 15 is 0 Å². The molecule has 0 aliphatic rings. The van der Waals surface area contributed by atoms with E-state index < -0.39 is 45.4 Å². The number of sulfonamides is 1. The normalized spacial score (nSPS) is 13.2. The van der Waals surface area contributed by atoms with Crippen molar-refractivity contribution < 1.29 is 35.6 Å². The van der Waals surface area contributed by atoms with E-state index in [9.17, 15) is 35.6 Å². The molecule has 0 aliphatic heterocycles. The third-order valence-corrected chi connectivity index (χ3v) is 8.38. The highest BCUT2D eigenvalue weighted by Gasteiger charge is 2.33. The Hall–Kier alpha value is -3.93. The Balaban J connectivity index is 1.91. The number of halogens is 4. The minimum atomic E-state index is -4.67. The van der Waals surface area contributed by atoms with Crippen molar-refractivity contribution in [2.24, 2.45) is 0 Å². The molecule has 0 saturated carbocycles. The van der Waals surface area contributed by atoms with E-state index in [-0.39, 0.29) is 49.6 Å². The Kier molecular flexibility index (Phi) is 11.9. The zero-order valence-corrected chi connectivity index (χ0v) is 25.7. The molecule has 3 rings (SSSR count). The van der Waals surface area contributed by atoms with Crippen molar-refractivity contribution in [3.8, 4) is 0 Å². The number of carbonyl (C=O) groups is 2. The van der Waals surface area contributed by atoms with E-state index in [0.29, 0.717) is 6.42 Å². The van der Waals surface area contributed by atoms with Gasteiger partial charge in [0.1, 0.15) is 11.9 Å². The van der Waals surface area contributed by atoms with Crippen LogP contribution in [0.5, 0.6) is 0 Å². The number of amides is 2. The molecule has 7 nitrogen and oxygen atoms in total. The average Bonchev–Trinajstić information content (AvgIpc) is 2.97. The van der Waals surface area contributed by atoms with Crippen LogP contribution in [-0.4, -0.2) is 50.0 Å². The SMILES string of the molecule is CCC(C)NC(=O)C(Cc1ccccc1)N(Cc1ccccc1F)C(=O)CCCN(c1cccc(C(F)(F)F)c1)S(C)(=O)=O. The van der Waals surface area contributed by atoms with E-state index in [4.69, 9.17) is 0 Å². The minimum Gasteiger partial charge on any atom is -0.352 e. The van der Waals surface area contributed by atoms with Crippen molar-refractivity contribution in [3.05, 3.63) is 101 Å². The van der Waals surface area contributed by atoms with Gasteiger partial charge in [-0.2, -0.15) is 13.2 Å². The number of nitrogens with zero attached hydrogens (tertiary/aromatic N) is 2. The van der Waals surface area contributed by atoms with Gasteiger partial charge in [0, 0.05) is 37.5 Å². The van der Waals surface area contributed by atoms with Gasteiger partial charge in [-0.05, 0) is 49.6 Å². The first-order valence-electron chi connectivity index (χ1n) is 14.2. The van der Waals surface area contributed by atoms with E-state index in [2.05, 4.69) is 5.32 Å². The molecule has 3 aromatic carbocycles. The number of nitrogens with one attached hydrogen (secondary N) is 1. The second-order valence-electron chi connectivity index (χ2n) is 10.6. The van der Waals surface area contributed by atoms with Gasteiger partial charge in [0.25, 0.3) is 0 Å². The number of carbonyl (C=O) groups excluding carboxylic acids is 2. The highest BCUT2D eigenvalue weighted by atomic mass is 32.2. The largest absolute Gasteiger partial charge is 0.416 e. The molecule has 0 radical (unpaired) electrons. The van der Waals surface area contributed by atoms with Gasteiger partial charge in [-0.3, -0.25) is 13.9 Å². The summed E-state index contributed by atoms with van der Waals surface area (Å²) < 4.78 is 80.6. The fraction of sp³-hybridized carbons (Fsp3) is 0.375. The first-order chi connectivity index (χ1) is 20.7. The molecular weight excluding hydrogens is 598 g/mol. The summed E-state index contributed by atoms with van der Waals surface area (Å²) in [6.07, 6.45) is -3.34. The highest BCUT2D eigenvalue weighted by molar-refractivity contribution is 7.92. The number of hydrogen-bond donors (Lipinski definition) is 1. The monoisotopic (exact) mass is 635 g/mol. The van der Waals surface area contributed by atoms with Crippen LogP contribution in [0.1, 0.15) is 49.8 Å². The molecule has 0 bridgehead atoms. The Morgan fingerprint density at radius 1 is 0.955 bits per heavy atom. The molecule has 2 amide bonds. The standard InChI is InChI=1S/C32H37F4N3O4S/c1-4-23(2)37-31(41)29(20-24-12-6-5-7-13-24)38(22-25-14-8-9-17-28(25)33)30(40)18-11-19-39(44(3,42)43)27-16-10-15-26(21-27)32(34,35)36/h5-10,12-17,21,23,29H,4,11,18-20,22H2,1-3H3,(H,37,41). The molecule has 3 aromatic rings. The van der Waals surface area contributed by atoms with Gasteiger partial charge in [-0.25, -0.2) is 12.8 Å². The summed E-state index contributed by atoms with van der Waals surface area (Å²) in [7, 11) is -4.01. The average molecular weight is 636 g/mol. The van der Waals surface area contributed by atoms with Gasteiger partial charge in [0.05, 0.1) is 17.5 Å². The van der Waals surface area contributed by atoms with Crippen LogP contribution in [0, 0.1) is 5.82 Å². The third kappa shape index (κ3) is 9.80. The maximum atomic E-state index is 14.8. The van der Waals surface area contributed by atoms with Crippen LogP contribution in [-0.2, 0) is 38.8 Å². The Morgan fingerprint density at radius 3 is 2.23 bits per heavy atom. The van der Waals surface area contributed by atoms with Crippen LogP contribution in [0.25, 0.3) is 0 Å². The minimum absolute atomic E-state index is 0.0685. The summed E-state index contributed by atoms with van der Waals surface area (Å²) in [4.78, 5) is 28.7. The van der Waals surface area contributed by atoms with Crippen LogP contribution in [0.2, 0.25) is 0 Å². The molecule has 238 valence electrons. The lowest BCUT2D eigenvalue weighted by atomic mass is 10.0. The van der Waals surface area contributed by atoms with Crippen molar-refractivity contribution in [1.82, 2.24) is 10.2 Å². The molecule has 0 aliphatic carbocycles. The van der Waals surface area contributed by atoms with Crippen molar-refractivity contribution in [2.75, 3.05) is 17.1 Å². The van der Waals surface area contributed by atoms with Gasteiger partial charge in [-0.1, -0.05) is 61.5 Å². The van der Waals surface area contributed by atoms with Crippen molar-refractivity contribution in [3.63, 3.8) is 0 Å². The van der Waals surface area contributed by atoms with E-state index in [1.165, 1.54) is 29.2 Å². The Labute approximate surface area is 255 Å². The summed E-state index contributed by atoms with van der Waals surface area (Å²) in [5, 5.41) is 2.91. The molecule has 0 fully saturated rings. The zero-order valence-electron chi connectivity index (χ0n) is 24.9. The lowest BCUT2D eigenvalue weighted by Gasteiger charge is -2.33. The highest BCUT2D eigenvalue weighted by Crippen LogP contribution is 2.32. The first kappa shape index (κ1) is 34.6. The van der Waals surface area contributed by atoms with Crippen LogP contribution < -0.4 is 9.62 Å². The predicted octanol–water partition coefficient (Wildman–Crippen LogP) is 5.95. The molecule has 0 saturated heterocycles. The summed E-state index contributed by atoms with van der Waals surface area (Å²) in [6, 6.07) is 17.7. The number of alkyl halides is 3. The second kappa shape index (κ2) is 15.2. The second-order valence-corrected chi connectivity index (χ2v) is 12.5. The van der Waals surface area contributed by atoms with Crippen LogP contribution in [0.3, 0.4) is 0 Å². The van der Waals surface area contributed by atoms with E-state index in [0.717, 1.165) is 34.3 Å². The van der Waals surface area contributed by atoms with Crippen LogP contribution in [0.4, 0.5) is 23.2 Å². The molecule has 1 N–H and O–H groups in total. The lowest BCUT2D eigenvalue weighted by Crippen LogP contribution is -2.52. The van der Waals surface area contributed by atoms with Crippen molar-refractivity contribution in [2.45, 2.75) is 64.3 Å². The number of benzene rings is 3. The molecule has 0 aromatic heterocycles. The number of anilines is 1. The first-order valence-corrected chi connectivity index (χ1v) is 16.1. The molecule has 0 heterocycles. The van der Waals surface area contributed by atoms with Crippen LogP contribution in [0.15, 0.2) is 78.9 Å². The third-order valence-electron chi connectivity index (χ3n) is 7.18. The Bertz CT molecular complexity index is 1520. The molecule has 0 spiro atoms. The molecule has 44 heavy (non-hydrogen) atoms.